The van der Waals surface area contributed by atoms with E-state index in [9.17, 15) is 0 Å². The molecule has 0 aromatic heterocycles. The van der Waals surface area contributed by atoms with E-state index in [1.807, 2.05) is 0 Å². The van der Waals surface area contributed by atoms with Crippen molar-refractivity contribution >= 4 is 0 Å². The van der Waals surface area contributed by atoms with E-state index in [-0.39, 0.29) is 0 Å². The first-order valence-electron chi connectivity index (χ1n) is 10.1. The van der Waals surface area contributed by atoms with Crippen LogP contribution in [0.1, 0.15) is 105 Å². The van der Waals surface area contributed by atoms with Crippen LogP contribution in [0.15, 0.2) is 0 Å². The maximum absolute atomic E-state index is 6.58. The Balaban J connectivity index is 2.65. The van der Waals surface area contributed by atoms with Gasteiger partial charge in [-0.05, 0) is 25.7 Å². The molecule has 1 rings (SSSR count). The zero-order valence-corrected chi connectivity index (χ0v) is 15.6. The summed E-state index contributed by atoms with van der Waals surface area (Å²) in [5.74, 6) is 0. The standard InChI is InChI=1S/C20H40O2/c1-5-9-13-17-18(14-10-6-2)22-20(16-12-8-4)19(21-17)15-11-7-3/h17-20H,5-16H2,1-4H3. The van der Waals surface area contributed by atoms with Crippen molar-refractivity contribution in [3.05, 3.63) is 0 Å². The largest absolute Gasteiger partial charge is 0.370 e. The van der Waals surface area contributed by atoms with Crippen LogP contribution in [0.25, 0.3) is 0 Å². The summed E-state index contributed by atoms with van der Waals surface area (Å²) < 4.78 is 13.2. The molecular weight excluding hydrogens is 272 g/mol. The minimum atomic E-state index is 0.339. The number of ether oxygens (including phenoxy) is 2. The molecule has 0 aromatic carbocycles. The molecule has 1 aliphatic rings. The highest BCUT2D eigenvalue weighted by Crippen LogP contribution is 2.31. The summed E-state index contributed by atoms with van der Waals surface area (Å²) in [5.41, 5.74) is 0. The molecule has 4 unspecified atom stereocenters. The van der Waals surface area contributed by atoms with Crippen molar-refractivity contribution in [2.24, 2.45) is 0 Å². The van der Waals surface area contributed by atoms with E-state index < -0.39 is 0 Å². The summed E-state index contributed by atoms with van der Waals surface area (Å²) in [7, 11) is 0. The van der Waals surface area contributed by atoms with E-state index in [2.05, 4.69) is 27.7 Å². The first-order valence-corrected chi connectivity index (χ1v) is 10.1. The fourth-order valence-corrected chi connectivity index (χ4v) is 3.44. The van der Waals surface area contributed by atoms with Gasteiger partial charge in [0, 0.05) is 0 Å². The van der Waals surface area contributed by atoms with Gasteiger partial charge in [0.15, 0.2) is 0 Å². The monoisotopic (exact) mass is 312 g/mol. The van der Waals surface area contributed by atoms with E-state index in [1.165, 1.54) is 77.0 Å². The van der Waals surface area contributed by atoms with Gasteiger partial charge in [0.2, 0.25) is 0 Å². The number of hydrogen-bond donors (Lipinski definition) is 0. The van der Waals surface area contributed by atoms with Gasteiger partial charge in [-0.25, -0.2) is 0 Å². The summed E-state index contributed by atoms with van der Waals surface area (Å²) in [6.07, 6.45) is 16.1. The molecule has 2 nitrogen and oxygen atoms in total. The normalized spacial score (nSPS) is 28.9. The lowest BCUT2D eigenvalue weighted by atomic mass is 9.95. The van der Waals surface area contributed by atoms with Gasteiger partial charge in [0.05, 0.1) is 24.4 Å². The van der Waals surface area contributed by atoms with Gasteiger partial charge in [-0.2, -0.15) is 0 Å². The molecule has 0 radical (unpaired) electrons. The maximum Gasteiger partial charge on any atom is 0.0841 e. The highest BCUT2D eigenvalue weighted by Gasteiger charge is 2.37. The van der Waals surface area contributed by atoms with E-state index in [4.69, 9.17) is 9.47 Å². The Morgan fingerprint density at radius 3 is 0.864 bits per heavy atom. The second-order valence-corrected chi connectivity index (χ2v) is 6.99. The molecule has 22 heavy (non-hydrogen) atoms. The van der Waals surface area contributed by atoms with E-state index >= 15 is 0 Å². The zero-order valence-electron chi connectivity index (χ0n) is 15.6. The van der Waals surface area contributed by atoms with Crippen molar-refractivity contribution < 1.29 is 9.47 Å². The smallest absolute Gasteiger partial charge is 0.0841 e. The maximum atomic E-state index is 6.58. The SMILES string of the molecule is CCCCC1OC(CCCC)C(CCCC)OC1CCCC. The molecule has 0 bridgehead atoms. The fourth-order valence-electron chi connectivity index (χ4n) is 3.44. The Morgan fingerprint density at radius 2 is 0.682 bits per heavy atom. The molecule has 0 aromatic rings. The highest BCUT2D eigenvalue weighted by atomic mass is 16.6. The Bertz CT molecular complexity index is 204. The van der Waals surface area contributed by atoms with E-state index in [1.54, 1.807) is 0 Å². The van der Waals surface area contributed by atoms with Crippen LogP contribution < -0.4 is 0 Å². The first-order chi connectivity index (χ1) is 10.8. The third kappa shape index (κ3) is 7.00. The van der Waals surface area contributed by atoms with Crippen LogP contribution >= 0.6 is 0 Å². The molecular formula is C20H40O2. The molecule has 4 atom stereocenters. The lowest BCUT2D eigenvalue weighted by molar-refractivity contribution is -0.227. The molecule has 0 aliphatic carbocycles. The van der Waals surface area contributed by atoms with Crippen molar-refractivity contribution in [3.63, 3.8) is 0 Å². The second-order valence-electron chi connectivity index (χ2n) is 6.99. The highest BCUT2D eigenvalue weighted by molar-refractivity contribution is 4.84. The quantitative estimate of drug-likeness (QED) is 0.423. The van der Waals surface area contributed by atoms with Crippen molar-refractivity contribution in [3.8, 4) is 0 Å². The van der Waals surface area contributed by atoms with E-state index in [0.29, 0.717) is 24.4 Å². The summed E-state index contributed by atoms with van der Waals surface area (Å²) in [6, 6.07) is 0. The van der Waals surface area contributed by atoms with Crippen molar-refractivity contribution in [2.45, 2.75) is 129 Å². The molecule has 1 heterocycles. The molecule has 1 fully saturated rings. The molecule has 1 aliphatic heterocycles. The van der Waals surface area contributed by atoms with Gasteiger partial charge in [0.1, 0.15) is 0 Å². The Morgan fingerprint density at radius 1 is 0.455 bits per heavy atom. The molecule has 0 saturated carbocycles. The third-order valence-electron chi connectivity index (χ3n) is 4.90. The van der Waals surface area contributed by atoms with Crippen molar-refractivity contribution in [1.29, 1.82) is 0 Å². The van der Waals surface area contributed by atoms with Crippen LogP contribution in [-0.2, 0) is 9.47 Å². The Hall–Kier alpha value is -0.0800. The van der Waals surface area contributed by atoms with Crippen LogP contribution in [0.4, 0.5) is 0 Å². The minimum Gasteiger partial charge on any atom is -0.370 e. The summed E-state index contributed by atoms with van der Waals surface area (Å²) in [5, 5.41) is 0. The minimum absolute atomic E-state index is 0.339. The van der Waals surface area contributed by atoms with Crippen LogP contribution in [0.5, 0.6) is 0 Å². The topological polar surface area (TPSA) is 18.5 Å². The Labute approximate surface area is 139 Å². The number of rotatable bonds is 12. The average molecular weight is 313 g/mol. The van der Waals surface area contributed by atoms with Crippen molar-refractivity contribution in [2.75, 3.05) is 0 Å². The van der Waals surface area contributed by atoms with Gasteiger partial charge < -0.3 is 9.47 Å². The van der Waals surface area contributed by atoms with Crippen LogP contribution in [0.3, 0.4) is 0 Å². The van der Waals surface area contributed by atoms with Crippen LogP contribution in [0.2, 0.25) is 0 Å². The van der Waals surface area contributed by atoms with Gasteiger partial charge in [-0.15, -0.1) is 0 Å². The summed E-state index contributed by atoms with van der Waals surface area (Å²) in [6.45, 7) is 9.07. The molecule has 0 amide bonds. The predicted molar refractivity (Wildman–Crippen MR) is 95.4 cm³/mol. The van der Waals surface area contributed by atoms with Crippen LogP contribution in [-0.4, -0.2) is 24.4 Å². The molecule has 2 heteroatoms. The fraction of sp³-hybridized carbons (Fsp3) is 1.00. The number of unbranched alkanes of at least 4 members (excludes halogenated alkanes) is 4. The second kappa shape index (κ2) is 12.4. The lowest BCUT2D eigenvalue weighted by Crippen LogP contribution is -2.49. The number of hydrogen-bond acceptors (Lipinski definition) is 2. The van der Waals surface area contributed by atoms with Crippen molar-refractivity contribution in [1.82, 2.24) is 0 Å². The summed E-state index contributed by atoms with van der Waals surface area (Å²) in [4.78, 5) is 0. The van der Waals surface area contributed by atoms with Crippen LogP contribution in [0, 0.1) is 0 Å². The predicted octanol–water partition coefficient (Wildman–Crippen LogP) is 6.27. The van der Waals surface area contributed by atoms with Gasteiger partial charge in [-0.3, -0.25) is 0 Å². The molecule has 0 spiro atoms. The van der Waals surface area contributed by atoms with Gasteiger partial charge >= 0.3 is 0 Å². The molecule has 0 N–H and O–H groups in total. The Kier molecular flexibility index (Phi) is 11.2. The zero-order chi connectivity index (χ0) is 16.2. The van der Waals surface area contributed by atoms with Gasteiger partial charge in [-0.1, -0.05) is 79.1 Å². The third-order valence-corrected chi connectivity index (χ3v) is 4.90. The molecule has 1 saturated heterocycles. The van der Waals surface area contributed by atoms with Gasteiger partial charge in [0.25, 0.3) is 0 Å². The average Bonchev–Trinajstić information content (AvgIpc) is 2.55. The lowest BCUT2D eigenvalue weighted by Gasteiger charge is -2.42. The first kappa shape index (κ1) is 20.0. The molecule has 132 valence electrons. The summed E-state index contributed by atoms with van der Waals surface area (Å²) >= 11 is 0. The van der Waals surface area contributed by atoms with E-state index in [0.717, 1.165) is 0 Å².